The topological polar surface area (TPSA) is 75.1 Å². The first-order chi connectivity index (χ1) is 7.72. The first-order valence-electron chi connectivity index (χ1n) is 4.63. The third-order valence-corrected chi connectivity index (χ3v) is 4.22. The van der Waals surface area contributed by atoms with E-state index in [0.29, 0.717) is 4.34 Å². The first kappa shape index (κ1) is 13.6. The van der Waals surface area contributed by atoms with E-state index in [0.717, 1.165) is 23.8 Å². The molecule has 0 unspecified atom stereocenters. The van der Waals surface area contributed by atoms with Crippen LogP contribution in [-0.2, 0) is 4.79 Å². The minimum Gasteiger partial charge on any atom is -0.481 e. The number of aromatic nitrogens is 2. The van der Waals surface area contributed by atoms with Gasteiger partial charge in [0.05, 0.1) is 5.75 Å². The molecule has 1 heterocycles. The second kappa shape index (κ2) is 7.75. The monoisotopic (exact) mass is 279 g/mol. The molecule has 1 aromatic rings. The summed E-state index contributed by atoms with van der Waals surface area (Å²) in [4.78, 5) is 10.3. The molecule has 0 saturated carbocycles. The maximum Gasteiger partial charge on any atom is 0.313 e. The van der Waals surface area contributed by atoms with Gasteiger partial charge in [0, 0.05) is 6.54 Å². The molecule has 8 heteroatoms. The zero-order chi connectivity index (χ0) is 11.8. The highest BCUT2D eigenvalue weighted by Gasteiger charge is 2.06. The molecule has 0 atom stereocenters. The maximum atomic E-state index is 10.3. The average molecular weight is 279 g/mol. The number of nitrogens with zero attached hydrogens (tertiary/aromatic N) is 2. The van der Waals surface area contributed by atoms with Gasteiger partial charge in [-0.25, -0.2) is 0 Å². The molecule has 0 bridgehead atoms. The number of nitrogens with one attached hydrogen (secondary N) is 1. The Kier molecular flexibility index (Phi) is 6.58. The fourth-order valence-electron chi connectivity index (χ4n) is 0.875. The van der Waals surface area contributed by atoms with Crippen molar-refractivity contribution in [2.75, 3.05) is 29.6 Å². The lowest BCUT2D eigenvalue weighted by Gasteiger charge is -1.99. The fourth-order valence-corrected chi connectivity index (χ4v) is 2.81. The molecule has 0 aliphatic rings. The molecule has 0 spiro atoms. The Balaban J connectivity index is 2.25. The SMILES string of the molecule is CSCCCNc1nnc(SCC(=O)O)s1. The molecular weight excluding hydrogens is 266 g/mol. The van der Waals surface area contributed by atoms with Gasteiger partial charge in [-0.1, -0.05) is 23.1 Å². The Morgan fingerprint density at radius 1 is 1.56 bits per heavy atom. The number of carboxylic acids is 1. The lowest BCUT2D eigenvalue weighted by molar-refractivity contribution is -0.133. The number of carbonyl (C=O) groups is 1. The number of aliphatic carboxylic acids is 1. The van der Waals surface area contributed by atoms with Gasteiger partial charge in [-0.05, 0) is 18.4 Å². The zero-order valence-electron chi connectivity index (χ0n) is 8.80. The molecular formula is C8H13N3O2S3. The van der Waals surface area contributed by atoms with Crippen LogP contribution in [-0.4, -0.2) is 45.6 Å². The summed E-state index contributed by atoms with van der Waals surface area (Å²) in [7, 11) is 0. The average Bonchev–Trinajstić information content (AvgIpc) is 2.70. The van der Waals surface area contributed by atoms with Gasteiger partial charge in [0.25, 0.3) is 0 Å². The third kappa shape index (κ3) is 5.57. The standard InChI is InChI=1S/C8H13N3O2S3/c1-14-4-2-3-9-7-10-11-8(16-7)15-5-6(12)13/h2-5H2,1H3,(H,9,10)(H,12,13). The van der Waals surface area contributed by atoms with Gasteiger partial charge in [0.2, 0.25) is 5.13 Å². The van der Waals surface area contributed by atoms with Crippen LogP contribution in [0.3, 0.4) is 0 Å². The number of hydrogen-bond donors (Lipinski definition) is 2. The molecule has 0 radical (unpaired) electrons. The normalized spacial score (nSPS) is 10.3. The van der Waals surface area contributed by atoms with Crippen molar-refractivity contribution in [2.45, 2.75) is 10.8 Å². The van der Waals surface area contributed by atoms with E-state index in [1.807, 2.05) is 11.8 Å². The summed E-state index contributed by atoms with van der Waals surface area (Å²) in [5.41, 5.74) is 0. The first-order valence-corrected chi connectivity index (χ1v) is 7.83. The smallest absolute Gasteiger partial charge is 0.313 e. The Hall–Kier alpha value is -0.470. The molecule has 0 aromatic carbocycles. The summed E-state index contributed by atoms with van der Waals surface area (Å²) < 4.78 is 0.690. The summed E-state index contributed by atoms with van der Waals surface area (Å²) in [5, 5.41) is 20.2. The molecule has 0 amide bonds. The number of carboxylic acid groups (broad SMARTS) is 1. The number of rotatable bonds is 8. The summed E-state index contributed by atoms with van der Waals surface area (Å²) in [6.07, 6.45) is 3.16. The number of anilines is 1. The van der Waals surface area contributed by atoms with Gasteiger partial charge in [0.15, 0.2) is 4.34 Å². The van der Waals surface area contributed by atoms with Gasteiger partial charge >= 0.3 is 5.97 Å². The minimum absolute atomic E-state index is 0.0289. The number of hydrogen-bond acceptors (Lipinski definition) is 7. The van der Waals surface area contributed by atoms with Gasteiger partial charge in [-0.3, -0.25) is 4.79 Å². The highest BCUT2D eigenvalue weighted by atomic mass is 32.2. The van der Waals surface area contributed by atoms with Crippen LogP contribution in [0.25, 0.3) is 0 Å². The third-order valence-electron chi connectivity index (χ3n) is 1.53. The van der Waals surface area contributed by atoms with Crippen LogP contribution in [0.1, 0.15) is 6.42 Å². The number of thioether (sulfide) groups is 2. The van der Waals surface area contributed by atoms with Crippen LogP contribution >= 0.6 is 34.9 Å². The Morgan fingerprint density at radius 2 is 2.38 bits per heavy atom. The minimum atomic E-state index is -0.838. The fraction of sp³-hybridized carbons (Fsp3) is 0.625. The van der Waals surface area contributed by atoms with Gasteiger partial charge in [-0.2, -0.15) is 11.8 Å². The van der Waals surface area contributed by atoms with Crippen LogP contribution in [0.15, 0.2) is 4.34 Å². The van der Waals surface area contributed by atoms with Crippen molar-refractivity contribution in [1.29, 1.82) is 0 Å². The van der Waals surface area contributed by atoms with E-state index in [-0.39, 0.29) is 5.75 Å². The summed E-state index contributed by atoms with van der Waals surface area (Å²) in [6, 6.07) is 0. The Bertz CT molecular complexity index is 332. The summed E-state index contributed by atoms with van der Waals surface area (Å²) in [5.74, 6) is 0.308. The highest BCUT2D eigenvalue weighted by molar-refractivity contribution is 8.01. The van der Waals surface area contributed by atoms with Gasteiger partial charge in [-0.15, -0.1) is 10.2 Å². The quantitative estimate of drug-likeness (QED) is 0.556. The zero-order valence-corrected chi connectivity index (χ0v) is 11.3. The van der Waals surface area contributed by atoms with Gasteiger partial charge in [0.1, 0.15) is 0 Å². The van der Waals surface area contributed by atoms with Crippen LogP contribution < -0.4 is 5.32 Å². The highest BCUT2D eigenvalue weighted by Crippen LogP contribution is 2.25. The molecule has 16 heavy (non-hydrogen) atoms. The van der Waals surface area contributed by atoms with Crippen molar-refractivity contribution in [3.05, 3.63) is 0 Å². The Labute approximate surface area is 106 Å². The largest absolute Gasteiger partial charge is 0.481 e. The van der Waals surface area contributed by atoms with Crippen molar-refractivity contribution in [1.82, 2.24) is 10.2 Å². The van der Waals surface area contributed by atoms with E-state index in [1.54, 1.807) is 0 Å². The summed E-state index contributed by atoms with van der Waals surface area (Å²) >= 11 is 4.40. The van der Waals surface area contributed by atoms with Crippen molar-refractivity contribution < 1.29 is 9.90 Å². The van der Waals surface area contributed by atoms with E-state index in [1.165, 1.54) is 23.1 Å². The molecule has 1 aromatic heterocycles. The molecule has 1 rings (SSSR count). The second-order valence-corrected chi connectivity index (χ2v) is 6.01. The van der Waals surface area contributed by atoms with Crippen molar-refractivity contribution >= 4 is 46.0 Å². The predicted molar refractivity (Wildman–Crippen MR) is 69.8 cm³/mol. The molecule has 2 N–H and O–H groups in total. The molecule has 0 saturated heterocycles. The van der Waals surface area contributed by atoms with Gasteiger partial charge < -0.3 is 10.4 Å². The van der Waals surface area contributed by atoms with Crippen molar-refractivity contribution in [3.63, 3.8) is 0 Å². The summed E-state index contributed by atoms with van der Waals surface area (Å²) in [6.45, 7) is 0.874. The molecule has 0 aliphatic carbocycles. The van der Waals surface area contributed by atoms with Crippen molar-refractivity contribution in [3.8, 4) is 0 Å². The lowest BCUT2D eigenvalue weighted by atomic mass is 10.5. The van der Waals surface area contributed by atoms with Crippen LogP contribution in [0, 0.1) is 0 Å². The maximum absolute atomic E-state index is 10.3. The van der Waals surface area contributed by atoms with E-state index < -0.39 is 5.97 Å². The predicted octanol–water partition coefficient (Wildman–Crippen LogP) is 1.88. The van der Waals surface area contributed by atoms with E-state index >= 15 is 0 Å². The van der Waals surface area contributed by atoms with E-state index in [9.17, 15) is 4.79 Å². The molecule has 5 nitrogen and oxygen atoms in total. The van der Waals surface area contributed by atoms with Crippen LogP contribution in [0.2, 0.25) is 0 Å². The molecule has 90 valence electrons. The Morgan fingerprint density at radius 3 is 3.06 bits per heavy atom. The van der Waals surface area contributed by atoms with Crippen LogP contribution in [0.5, 0.6) is 0 Å². The molecule has 0 aliphatic heterocycles. The van der Waals surface area contributed by atoms with Crippen LogP contribution in [0.4, 0.5) is 5.13 Å². The van der Waals surface area contributed by atoms with Crippen molar-refractivity contribution in [2.24, 2.45) is 0 Å². The van der Waals surface area contributed by atoms with E-state index in [4.69, 9.17) is 5.11 Å². The van der Waals surface area contributed by atoms with E-state index in [2.05, 4.69) is 21.8 Å². The second-order valence-electron chi connectivity index (χ2n) is 2.83. The molecule has 0 fully saturated rings. The lowest BCUT2D eigenvalue weighted by Crippen LogP contribution is -2.01.